The van der Waals surface area contributed by atoms with E-state index in [0.717, 1.165) is 79.4 Å². The largest absolute Gasteiger partial charge is 0.337 e. The second-order valence-corrected chi connectivity index (χ2v) is 15.1. The molecular weight excluding hydrogens is 712 g/mol. The van der Waals surface area contributed by atoms with Gasteiger partial charge in [-0.15, -0.1) is 0 Å². The summed E-state index contributed by atoms with van der Waals surface area (Å²) < 4.78 is 3.09. The van der Waals surface area contributed by atoms with Crippen LogP contribution < -0.4 is 5.32 Å². The average molecular weight is 760 g/mol. The zero-order valence-electron chi connectivity index (χ0n) is 28.8. The first-order valence-electron chi connectivity index (χ1n) is 18.2. The molecule has 0 radical (unpaired) electrons. The number of pyridine rings is 1. The Morgan fingerprint density at radius 2 is 1.74 bits per heavy atom. The van der Waals surface area contributed by atoms with Gasteiger partial charge in [-0.3, -0.25) is 9.78 Å². The van der Waals surface area contributed by atoms with E-state index in [2.05, 4.69) is 61.5 Å². The fourth-order valence-electron chi connectivity index (χ4n) is 7.42. The van der Waals surface area contributed by atoms with E-state index in [4.69, 9.17) is 11.6 Å². The molecule has 2 fully saturated rings. The molecule has 7 rings (SSSR count). The van der Waals surface area contributed by atoms with E-state index in [9.17, 15) is 9.59 Å². The summed E-state index contributed by atoms with van der Waals surface area (Å²) in [4.78, 5) is 39.3. The summed E-state index contributed by atoms with van der Waals surface area (Å²) in [5.74, 6) is 0.0722. The Morgan fingerprint density at radius 1 is 0.940 bits per heavy atom. The van der Waals surface area contributed by atoms with Gasteiger partial charge < -0.3 is 19.7 Å². The smallest absolute Gasteiger partial charge is 0.318 e. The maximum Gasteiger partial charge on any atom is 0.318 e. The Labute approximate surface area is 309 Å². The summed E-state index contributed by atoms with van der Waals surface area (Å²) in [5, 5.41) is 4.05. The van der Waals surface area contributed by atoms with Gasteiger partial charge in [0.05, 0.1) is 6.33 Å². The van der Waals surface area contributed by atoms with Gasteiger partial charge in [-0.05, 0) is 108 Å². The molecule has 1 saturated heterocycles. The zero-order valence-corrected chi connectivity index (χ0v) is 31.1. The molecule has 1 saturated carbocycles. The predicted molar refractivity (Wildman–Crippen MR) is 202 cm³/mol. The van der Waals surface area contributed by atoms with E-state index in [-0.39, 0.29) is 24.0 Å². The van der Waals surface area contributed by atoms with Gasteiger partial charge in [-0.2, -0.15) is 0 Å². The van der Waals surface area contributed by atoms with Crippen molar-refractivity contribution in [3.8, 4) is 0 Å². The summed E-state index contributed by atoms with van der Waals surface area (Å²) >= 11 is 9.52. The molecule has 1 N–H and O–H groups in total. The van der Waals surface area contributed by atoms with Crippen molar-refractivity contribution >= 4 is 39.5 Å². The standard InChI is InChI=1S/C26H37N5O2.C14H11BrClN/c32-25(24-14-7-8-18-31(24)26(33)28-23-12-5-2-6-13-23)30(20-22-10-3-1-4-11-22)17-9-16-29-19-15-27-21-29;15-12-5-11-2-1-9-6-13(16)4-3-10(9)7-14(11)17-8-12/h1,3-4,10-11,15,19,21,23-24H,2,5-9,12-14,16-18,20H2,(H,28,33);3-6,8H,1-2,7H2. The van der Waals surface area contributed by atoms with Crippen LogP contribution in [0.25, 0.3) is 0 Å². The van der Waals surface area contributed by atoms with Crippen molar-refractivity contribution in [1.82, 2.24) is 29.7 Å². The topological polar surface area (TPSA) is 83.4 Å². The van der Waals surface area contributed by atoms with E-state index >= 15 is 0 Å². The number of rotatable bonds is 8. The highest BCUT2D eigenvalue weighted by molar-refractivity contribution is 9.10. The van der Waals surface area contributed by atoms with Crippen LogP contribution in [0.5, 0.6) is 0 Å². The number of aromatic nitrogens is 3. The van der Waals surface area contributed by atoms with Crippen LogP contribution in [0.2, 0.25) is 5.02 Å². The third kappa shape index (κ3) is 9.97. The highest BCUT2D eigenvalue weighted by Gasteiger charge is 2.35. The molecule has 4 aromatic rings. The third-order valence-electron chi connectivity index (χ3n) is 10.1. The molecule has 8 nitrogen and oxygen atoms in total. The van der Waals surface area contributed by atoms with Crippen LogP contribution in [0, 0.1) is 0 Å². The van der Waals surface area contributed by atoms with Crippen LogP contribution in [0.15, 0.2) is 84.0 Å². The summed E-state index contributed by atoms with van der Waals surface area (Å²) in [6.07, 6.45) is 19.6. The van der Waals surface area contributed by atoms with Crippen LogP contribution in [0.4, 0.5) is 4.79 Å². The third-order valence-corrected chi connectivity index (χ3v) is 10.8. The molecule has 1 aliphatic heterocycles. The maximum absolute atomic E-state index is 13.8. The summed E-state index contributed by atoms with van der Waals surface area (Å²) in [7, 11) is 0. The molecule has 264 valence electrons. The molecule has 3 aliphatic rings. The Morgan fingerprint density at radius 3 is 2.54 bits per heavy atom. The van der Waals surface area contributed by atoms with Crippen molar-refractivity contribution in [2.45, 2.75) is 102 Å². The lowest BCUT2D eigenvalue weighted by Crippen LogP contribution is -2.57. The SMILES string of the molecule is Clc1ccc2c(c1)CCc1cc(Br)cnc1C2.O=C(C1CCCCN1C(=O)NC1CCCCC1)N(CCCn1ccnc1)Cc1ccccc1. The Kier molecular flexibility index (Phi) is 13.0. The predicted octanol–water partition coefficient (Wildman–Crippen LogP) is 8.39. The normalized spacial score (nSPS) is 17.4. The molecule has 50 heavy (non-hydrogen) atoms. The molecule has 10 heteroatoms. The summed E-state index contributed by atoms with van der Waals surface area (Å²) in [6.45, 7) is 2.69. The molecule has 2 aromatic heterocycles. The second-order valence-electron chi connectivity index (χ2n) is 13.7. The first kappa shape index (κ1) is 36.1. The molecule has 0 spiro atoms. The first-order valence-corrected chi connectivity index (χ1v) is 19.4. The Hall–Kier alpha value is -3.69. The molecule has 3 amide bonds. The lowest BCUT2D eigenvalue weighted by atomic mass is 9.95. The van der Waals surface area contributed by atoms with Gasteiger partial charge in [0.1, 0.15) is 6.04 Å². The number of carbonyl (C=O) groups is 2. The van der Waals surface area contributed by atoms with E-state index in [0.29, 0.717) is 19.6 Å². The van der Waals surface area contributed by atoms with Crippen LogP contribution in [-0.4, -0.2) is 61.4 Å². The number of nitrogens with one attached hydrogen (secondary N) is 1. The molecule has 1 unspecified atom stereocenters. The van der Waals surface area contributed by atoms with Crippen LogP contribution >= 0.6 is 27.5 Å². The van der Waals surface area contributed by atoms with E-state index in [1.165, 1.54) is 41.6 Å². The number of fused-ring (bicyclic) bond motifs is 2. The number of amides is 3. The molecule has 2 aromatic carbocycles. The number of benzene rings is 2. The number of piperidine rings is 1. The molecular formula is C40H48BrClN6O2. The number of likely N-dealkylation sites (tertiary alicyclic amines) is 1. The summed E-state index contributed by atoms with van der Waals surface area (Å²) in [6, 6.07) is 18.3. The number of aryl methyl sites for hydroxylation is 3. The van der Waals surface area contributed by atoms with E-state index in [1.54, 1.807) is 6.20 Å². The first-order chi connectivity index (χ1) is 24.4. The van der Waals surface area contributed by atoms with Gasteiger partial charge in [-0.1, -0.05) is 67.3 Å². The number of hydrogen-bond donors (Lipinski definition) is 1. The van der Waals surface area contributed by atoms with Gasteiger partial charge in [0.15, 0.2) is 0 Å². The van der Waals surface area contributed by atoms with Crippen molar-refractivity contribution in [2.75, 3.05) is 13.1 Å². The van der Waals surface area contributed by atoms with E-state index < -0.39 is 0 Å². The number of halogens is 2. The number of imidazole rings is 1. The van der Waals surface area contributed by atoms with Gasteiger partial charge in [0.2, 0.25) is 5.91 Å². The number of hydrogen-bond acceptors (Lipinski definition) is 4. The lowest BCUT2D eigenvalue weighted by Gasteiger charge is -2.39. The van der Waals surface area contributed by atoms with Crippen molar-refractivity contribution in [3.05, 3.63) is 117 Å². The van der Waals surface area contributed by atoms with Crippen molar-refractivity contribution in [2.24, 2.45) is 0 Å². The van der Waals surface area contributed by atoms with Crippen LogP contribution in [0.1, 0.15) is 85.7 Å². The monoisotopic (exact) mass is 758 g/mol. The minimum atomic E-state index is -0.376. The van der Waals surface area contributed by atoms with Gasteiger partial charge in [0.25, 0.3) is 0 Å². The second kappa shape index (κ2) is 18.0. The fraction of sp³-hybridized carbons (Fsp3) is 0.450. The molecule has 0 bridgehead atoms. The maximum atomic E-state index is 13.8. The Bertz CT molecular complexity index is 1640. The quantitative estimate of drug-likeness (QED) is 0.196. The highest BCUT2D eigenvalue weighted by Crippen LogP contribution is 2.27. The molecule has 1 atom stereocenters. The number of urea groups is 1. The minimum Gasteiger partial charge on any atom is -0.337 e. The number of nitrogens with zero attached hydrogens (tertiary/aromatic N) is 5. The van der Waals surface area contributed by atoms with Gasteiger partial charge >= 0.3 is 6.03 Å². The minimum absolute atomic E-state index is 0.0574. The van der Waals surface area contributed by atoms with Crippen molar-refractivity contribution in [3.63, 3.8) is 0 Å². The van der Waals surface area contributed by atoms with E-state index in [1.807, 2.05) is 57.4 Å². The molecule has 2 aliphatic carbocycles. The van der Waals surface area contributed by atoms with Crippen LogP contribution in [-0.2, 0) is 37.1 Å². The average Bonchev–Trinajstić information content (AvgIpc) is 3.60. The lowest BCUT2D eigenvalue weighted by molar-refractivity contribution is -0.137. The van der Waals surface area contributed by atoms with Gasteiger partial charge in [-0.25, -0.2) is 9.78 Å². The van der Waals surface area contributed by atoms with Gasteiger partial charge in [0, 0.05) is 72.4 Å². The number of carbonyl (C=O) groups excluding carboxylic acids is 2. The van der Waals surface area contributed by atoms with Crippen molar-refractivity contribution in [1.29, 1.82) is 0 Å². The molecule has 3 heterocycles. The van der Waals surface area contributed by atoms with Crippen molar-refractivity contribution < 1.29 is 9.59 Å². The van der Waals surface area contributed by atoms with Crippen LogP contribution in [0.3, 0.4) is 0 Å². The zero-order chi connectivity index (χ0) is 34.7. The Balaban J connectivity index is 0.000000212. The summed E-state index contributed by atoms with van der Waals surface area (Å²) in [5.41, 5.74) is 6.35. The fourth-order valence-corrected chi connectivity index (χ4v) is 7.99. The highest BCUT2D eigenvalue weighted by atomic mass is 79.9.